The number of aryl methyl sites for hydroxylation is 1. The topological polar surface area (TPSA) is 55.6 Å². The van der Waals surface area contributed by atoms with Gasteiger partial charge in [-0.15, -0.1) is 0 Å². The summed E-state index contributed by atoms with van der Waals surface area (Å²) in [6.07, 6.45) is 3.47. The van der Waals surface area contributed by atoms with Crippen molar-refractivity contribution in [3.63, 3.8) is 0 Å². The molecule has 1 atom stereocenters. The molecule has 1 aliphatic rings. The van der Waals surface area contributed by atoms with Crippen LogP contribution in [-0.2, 0) is 4.79 Å². The molecule has 0 saturated carbocycles. The van der Waals surface area contributed by atoms with Crippen molar-refractivity contribution in [1.82, 2.24) is 4.90 Å². The summed E-state index contributed by atoms with van der Waals surface area (Å²) >= 11 is 0. The van der Waals surface area contributed by atoms with Gasteiger partial charge in [0.2, 0.25) is 5.91 Å². The molecule has 0 aromatic heterocycles. The van der Waals surface area contributed by atoms with Gasteiger partial charge in [0.1, 0.15) is 5.75 Å². The first-order valence-corrected chi connectivity index (χ1v) is 7.86. The van der Waals surface area contributed by atoms with Crippen molar-refractivity contribution in [1.29, 1.82) is 0 Å². The number of benzene rings is 1. The third-order valence-electron chi connectivity index (χ3n) is 4.02. The normalized spacial score (nSPS) is 18.0. The maximum Gasteiger partial charge on any atom is 0.222 e. The summed E-state index contributed by atoms with van der Waals surface area (Å²) in [7, 11) is 0. The number of nitrogens with zero attached hydrogens (tertiary/aromatic N) is 1. The van der Waals surface area contributed by atoms with Gasteiger partial charge in [-0.25, -0.2) is 0 Å². The second-order valence-corrected chi connectivity index (χ2v) is 5.85. The van der Waals surface area contributed by atoms with Crippen LogP contribution in [-0.4, -0.2) is 37.0 Å². The van der Waals surface area contributed by atoms with Crippen molar-refractivity contribution in [3.05, 3.63) is 29.8 Å². The molecule has 1 aromatic carbocycles. The van der Waals surface area contributed by atoms with Gasteiger partial charge in [-0.05, 0) is 56.3 Å². The molecule has 21 heavy (non-hydrogen) atoms. The van der Waals surface area contributed by atoms with Crippen LogP contribution in [0.4, 0.5) is 0 Å². The molecule has 0 radical (unpaired) electrons. The average Bonchev–Trinajstić information content (AvgIpc) is 2.96. The molecule has 116 valence electrons. The van der Waals surface area contributed by atoms with Crippen LogP contribution in [0.15, 0.2) is 24.3 Å². The van der Waals surface area contributed by atoms with Gasteiger partial charge in [0.25, 0.3) is 0 Å². The molecule has 0 aliphatic carbocycles. The highest BCUT2D eigenvalue weighted by Crippen LogP contribution is 2.17. The molecule has 0 spiro atoms. The first kappa shape index (κ1) is 15.8. The van der Waals surface area contributed by atoms with Crippen molar-refractivity contribution < 1.29 is 9.53 Å². The quantitative estimate of drug-likeness (QED) is 0.784. The van der Waals surface area contributed by atoms with E-state index in [1.807, 2.05) is 23.1 Å². The molecule has 4 heteroatoms. The van der Waals surface area contributed by atoms with Crippen LogP contribution in [0.1, 0.15) is 31.2 Å². The average molecular weight is 290 g/mol. The van der Waals surface area contributed by atoms with E-state index in [4.69, 9.17) is 10.5 Å². The fourth-order valence-corrected chi connectivity index (χ4v) is 2.68. The number of rotatable bonds is 7. The van der Waals surface area contributed by atoms with Crippen LogP contribution >= 0.6 is 0 Å². The zero-order valence-corrected chi connectivity index (χ0v) is 12.9. The van der Waals surface area contributed by atoms with E-state index in [0.29, 0.717) is 25.5 Å². The van der Waals surface area contributed by atoms with Crippen molar-refractivity contribution >= 4 is 5.91 Å². The van der Waals surface area contributed by atoms with Gasteiger partial charge >= 0.3 is 0 Å². The van der Waals surface area contributed by atoms with Crippen LogP contribution in [0.5, 0.6) is 5.75 Å². The number of hydrogen-bond acceptors (Lipinski definition) is 3. The molecule has 1 aromatic rings. The maximum absolute atomic E-state index is 12.0. The molecule has 1 fully saturated rings. The molecule has 2 rings (SSSR count). The summed E-state index contributed by atoms with van der Waals surface area (Å²) in [6.45, 7) is 5.13. The molecule has 1 aliphatic heterocycles. The summed E-state index contributed by atoms with van der Waals surface area (Å²) in [5, 5.41) is 0. The SMILES string of the molecule is Cc1cccc(OCCCCC(=O)N2CCC(CN)C2)c1. The summed E-state index contributed by atoms with van der Waals surface area (Å²) in [6, 6.07) is 8.04. The van der Waals surface area contributed by atoms with E-state index >= 15 is 0 Å². The number of amides is 1. The number of unbranched alkanes of at least 4 members (excludes halogenated alkanes) is 1. The Hall–Kier alpha value is -1.55. The third-order valence-corrected chi connectivity index (χ3v) is 4.02. The van der Waals surface area contributed by atoms with Gasteiger partial charge in [-0.1, -0.05) is 12.1 Å². The van der Waals surface area contributed by atoms with Crippen LogP contribution < -0.4 is 10.5 Å². The van der Waals surface area contributed by atoms with E-state index in [9.17, 15) is 4.79 Å². The number of ether oxygens (including phenoxy) is 1. The molecule has 1 unspecified atom stereocenters. The van der Waals surface area contributed by atoms with Gasteiger partial charge in [-0.3, -0.25) is 4.79 Å². The van der Waals surface area contributed by atoms with E-state index in [2.05, 4.69) is 13.0 Å². The number of likely N-dealkylation sites (tertiary alicyclic amines) is 1. The molecule has 0 bridgehead atoms. The fourth-order valence-electron chi connectivity index (χ4n) is 2.68. The van der Waals surface area contributed by atoms with Crippen molar-refractivity contribution in [2.24, 2.45) is 11.7 Å². The van der Waals surface area contributed by atoms with E-state index in [1.54, 1.807) is 0 Å². The number of carbonyl (C=O) groups is 1. The molecule has 1 saturated heterocycles. The lowest BCUT2D eigenvalue weighted by Gasteiger charge is -2.16. The highest BCUT2D eigenvalue weighted by atomic mass is 16.5. The van der Waals surface area contributed by atoms with Crippen LogP contribution in [0.2, 0.25) is 0 Å². The van der Waals surface area contributed by atoms with E-state index < -0.39 is 0 Å². The van der Waals surface area contributed by atoms with Crippen LogP contribution in [0.3, 0.4) is 0 Å². The summed E-state index contributed by atoms with van der Waals surface area (Å²) < 4.78 is 5.69. The van der Waals surface area contributed by atoms with Gasteiger partial charge in [0, 0.05) is 19.5 Å². The Labute approximate surface area is 127 Å². The molecule has 1 heterocycles. The van der Waals surface area contributed by atoms with Gasteiger partial charge in [-0.2, -0.15) is 0 Å². The third kappa shape index (κ3) is 5.05. The summed E-state index contributed by atoms with van der Waals surface area (Å²) in [4.78, 5) is 14.0. The van der Waals surface area contributed by atoms with E-state index in [0.717, 1.165) is 38.1 Å². The monoisotopic (exact) mass is 290 g/mol. The number of carbonyl (C=O) groups excluding carboxylic acids is 1. The molecule has 1 amide bonds. The zero-order chi connectivity index (χ0) is 15.1. The largest absolute Gasteiger partial charge is 0.494 e. The maximum atomic E-state index is 12.0. The number of hydrogen-bond donors (Lipinski definition) is 1. The Bertz CT molecular complexity index is 462. The smallest absolute Gasteiger partial charge is 0.222 e. The fraction of sp³-hybridized carbons (Fsp3) is 0.588. The summed E-state index contributed by atoms with van der Waals surface area (Å²) in [5.74, 6) is 1.67. The van der Waals surface area contributed by atoms with Crippen molar-refractivity contribution in [2.45, 2.75) is 32.6 Å². The van der Waals surface area contributed by atoms with E-state index in [1.165, 1.54) is 5.56 Å². The lowest BCUT2D eigenvalue weighted by molar-refractivity contribution is -0.130. The van der Waals surface area contributed by atoms with Crippen LogP contribution in [0, 0.1) is 12.8 Å². The minimum atomic E-state index is 0.265. The minimum Gasteiger partial charge on any atom is -0.494 e. The van der Waals surface area contributed by atoms with Gasteiger partial charge in [0.15, 0.2) is 0 Å². The molecule has 4 nitrogen and oxygen atoms in total. The standard InChI is InChI=1S/C17H26N2O2/c1-14-5-4-6-16(11-14)21-10-3-2-7-17(20)19-9-8-15(12-18)13-19/h4-6,11,15H,2-3,7-10,12-13,18H2,1H3. The van der Waals surface area contributed by atoms with Crippen molar-refractivity contribution in [2.75, 3.05) is 26.2 Å². The predicted octanol–water partition coefficient (Wildman–Crippen LogP) is 2.35. The second kappa shape index (κ2) is 8.03. The molecular formula is C17H26N2O2. The first-order chi connectivity index (χ1) is 10.2. The lowest BCUT2D eigenvalue weighted by Crippen LogP contribution is -2.29. The Kier molecular flexibility index (Phi) is 6.05. The second-order valence-electron chi connectivity index (χ2n) is 5.85. The Morgan fingerprint density at radius 3 is 3.00 bits per heavy atom. The molecular weight excluding hydrogens is 264 g/mol. The number of nitrogens with two attached hydrogens (primary N) is 1. The Morgan fingerprint density at radius 1 is 1.43 bits per heavy atom. The zero-order valence-electron chi connectivity index (χ0n) is 12.9. The highest BCUT2D eigenvalue weighted by Gasteiger charge is 2.24. The predicted molar refractivity (Wildman–Crippen MR) is 84.3 cm³/mol. The van der Waals surface area contributed by atoms with Crippen LogP contribution in [0.25, 0.3) is 0 Å². The summed E-state index contributed by atoms with van der Waals surface area (Å²) in [5.41, 5.74) is 6.85. The Balaban J connectivity index is 1.58. The highest BCUT2D eigenvalue weighted by molar-refractivity contribution is 5.76. The van der Waals surface area contributed by atoms with E-state index in [-0.39, 0.29) is 5.91 Å². The van der Waals surface area contributed by atoms with Crippen molar-refractivity contribution in [3.8, 4) is 5.75 Å². The first-order valence-electron chi connectivity index (χ1n) is 7.86. The van der Waals surface area contributed by atoms with Gasteiger partial charge < -0.3 is 15.4 Å². The molecule has 2 N–H and O–H groups in total. The Morgan fingerprint density at radius 2 is 2.29 bits per heavy atom. The lowest BCUT2D eigenvalue weighted by atomic mass is 10.1. The van der Waals surface area contributed by atoms with Gasteiger partial charge in [0.05, 0.1) is 6.61 Å². The minimum absolute atomic E-state index is 0.265.